The van der Waals surface area contributed by atoms with Crippen molar-refractivity contribution in [3.05, 3.63) is 0 Å². The van der Waals surface area contributed by atoms with Crippen LogP contribution >= 0.6 is 0 Å². The van der Waals surface area contributed by atoms with Crippen molar-refractivity contribution in [1.82, 2.24) is 10.2 Å². The third-order valence-corrected chi connectivity index (χ3v) is 3.82. The highest BCUT2D eigenvalue weighted by molar-refractivity contribution is 4.85. The van der Waals surface area contributed by atoms with E-state index in [1.807, 2.05) is 0 Å². The average Bonchev–Trinajstić information content (AvgIpc) is 2.80. The van der Waals surface area contributed by atoms with E-state index in [9.17, 15) is 0 Å². The molecule has 14 heavy (non-hydrogen) atoms. The first-order valence-electron chi connectivity index (χ1n) is 6.36. The maximum atomic E-state index is 3.64. The maximum absolute atomic E-state index is 3.64. The van der Waals surface area contributed by atoms with Crippen molar-refractivity contribution >= 4 is 0 Å². The van der Waals surface area contributed by atoms with Gasteiger partial charge < -0.3 is 10.2 Å². The summed E-state index contributed by atoms with van der Waals surface area (Å²) in [5.41, 5.74) is 0. The van der Waals surface area contributed by atoms with E-state index in [1.165, 1.54) is 51.7 Å². The van der Waals surface area contributed by atoms with Crippen LogP contribution in [0.25, 0.3) is 0 Å². The zero-order valence-corrected chi connectivity index (χ0v) is 9.47. The molecular weight excluding hydrogens is 172 g/mol. The summed E-state index contributed by atoms with van der Waals surface area (Å²) in [4.78, 5) is 2.67. The minimum absolute atomic E-state index is 0.820. The fourth-order valence-electron chi connectivity index (χ4n) is 3.08. The Morgan fingerprint density at radius 3 is 2.64 bits per heavy atom. The Morgan fingerprint density at radius 1 is 1.14 bits per heavy atom. The van der Waals surface area contributed by atoms with Gasteiger partial charge in [0, 0.05) is 12.6 Å². The van der Waals surface area contributed by atoms with Gasteiger partial charge in [-0.15, -0.1) is 0 Å². The molecule has 2 nitrogen and oxygen atoms in total. The summed E-state index contributed by atoms with van der Waals surface area (Å²) < 4.78 is 0. The predicted octanol–water partition coefficient (Wildman–Crippen LogP) is 1.86. The van der Waals surface area contributed by atoms with Crippen molar-refractivity contribution in [3.8, 4) is 0 Å². The molecule has 0 aromatic rings. The Kier molecular flexibility index (Phi) is 3.82. The third-order valence-electron chi connectivity index (χ3n) is 3.82. The molecule has 2 fully saturated rings. The molecule has 0 aromatic heterocycles. The molecule has 0 radical (unpaired) electrons. The predicted molar refractivity (Wildman–Crippen MR) is 60.5 cm³/mol. The number of hydrogen-bond acceptors (Lipinski definition) is 2. The first kappa shape index (κ1) is 10.4. The summed E-state index contributed by atoms with van der Waals surface area (Å²) in [6.45, 7) is 7.44. The standard InChI is InChI=1S/C12H24N2/c1-2-13-12-7-5-6-11(12)10-14-8-3-4-9-14/h11-13H,2-10H2,1H3. The number of likely N-dealkylation sites (tertiary alicyclic amines) is 1. The van der Waals surface area contributed by atoms with Crippen LogP contribution in [0, 0.1) is 5.92 Å². The summed E-state index contributed by atoms with van der Waals surface area (Å²) >= 11 is 0. The molecule has 1 saturated carbocycles. The van der Waals surface area contributed by atoms with Gasteiger partial charge >= 0.3 is 0 Å². The van der Waals surface area contributed by atoms with Gasteiger partial charge in [-0.1, -0.05) is 13.3 Å². The summed E-state index contributed by atoms with van der Waals surface area (Å²) in [5.74, 6) is 0.938. The van der Waals surface area contributed by atoms with Gasteiger partial charge in [0.15, 0.2) is 0 Å². The first-order chi connectivity index (χ1) is 6.90. The number of rotatable bonds is 4. The van der Waals surface area contributed by atoms with Crippen molar-refractivity contribution in [3.63, 3.8) is 0 Å². The lowest BCUT2D eigenvalue weighted by atomic mass is 10.0. The Hall–Kier alpha value is -0.0800. The highest BCUT2D eigenvalue weighted by Gasteiger charge is 2.28. The Bertz CT molecular complexity index is 164. The van der Waals surface area contributed by atoms with E-state index in [0.29, 0.717) is 0 Å². The number of nitrogens with zero attached hydrogens (tertiary/aromatic N) is 1. The van der Waals surface area contributed by atoms with E-state index in [0.717, 1.165) is 18.5 Å². The second-order valence-corrected chi connectivity index (χ2v) is 4.86. The molecule has 1 saturated heterocycles. The smallest absolute Gasteiger partial charge is 0.0107 e. The van der Waals surface area contributed by atoms with Crippen LogP contribution in [-0.2, 0) is 0 Å². The molecule has 1 aliphatic heterocycles. The van der Waals surface area contributed by atoms with Gasteiger partial charge in [-0.2, -0.15) is 0 Å². The lowest BCUT2D eigenvalue weighted by molar-refractivity contribution is 0.253. The van der Waals surface area contributed by atoms with E-state index in [2.05, 4.69) is 17.1 Å². The molecule has 0 spiro atoms. The molecule has 0 amide bonds. The molecule has 82 valence electrons. The highest BCUT2D eigenvalue weighted by Crippen LogP contribution is 2.27. The van der Waals surface area contributed by atoms with E-state index in [1.54, 1.807) is 0 Å². The zero-order valence-electron chi connectivity index (χ0n) is 9.47. The monoisotopic (exact) mass is 196 g/mol. The average molecular weight is 196 g/mol. The molecule has 2 heteroatoms. The third kappa shape index (κ3) is 2.48. The summed E-state index contributed by atoms with van der Waals surface area (Å²) in [6.07, 6.45) is 7.16. The van der Waals surface area contributed by atoms with Gasteiger partial charge in [0.2, 0.25) is 0 Å². The van der Waals surface area contributed by atoms with Crippen molar-refractivity contribution in [2.45, 2.75) is 45.1 Å². The quantitative estimate of drug-likeness (QED) is 0.738. The van der Waals surface area contributed by atoms with Crippen LogP contribution in [-0.4, -0.2) is 37.1 Å². The van der Waals surface area contributed by atoms with Gasteiger partial charge in [0.25, 0.3) is 0 Å². The molecule has 2 unspecified atom stereocenters. The van der Waals surface area contributed by atoms with E-state index >= 15 is 0 Å². The van der Waals surface area contributed by atoms with Gasteiger partial charge in [0.05, 0.1) is 0 Å². The molecular formula is C12H24N2. The fraction of sp³-hybridized carbons (Fsp3) is 1.00. The maximum Gasteiger partial charge on any atom is 0.0107 e. The largest absolute Gasteiger partial charge is 0.314 e. The Morgan fingerprint density at radius 2 is 1.93 bits per heavy atom. The van der Waals surface area contributed by atoms with Crippen LogP contribution in [0.1, 0.15) is 39.0 Å². The molecule has 0 aromatic carbocycles. The van der Waals surface area contributed by atoms with Crippen LogP contribution in [0.2, 0.25) is 0 Å². The minimum atomic E-state index is 0.820. The zero-order chi connectivity index (χ0) is 9.80. The molecule has 1 N–H and O–H groups in total. The van der Waals surface area contributed by atoms with Crippen molar-refractivity contribution in [1.29, 1.82) is 0 Å². The normalized spacial score (nSPS) is 34.1. The van der Waals surface area contributed by atoms with Crippen LogP contribution in [0.5, 0.6) is 0 Å². The number of hydrogen-bond donors (Lipinski definition) is 1. The first-order valence-corrected chi connectivity index (χ1v) is 6.36. The minimum Gasteiger partial charge on any atom is -0.314 e. The Balaban J connectivity index is 1.77. The second kappa shape index (κ2) is 5.13. The topological polar surface area (TPSA) is 15.3 Å². The van der Waals surface area contributed by atoms with Crippen LogP contribution in [0.3, 0.4) is 0 Å². The molecule has 1 heterocycles. The molecule has 2 aliphatic rings. The Labute approximate surface area is 88.1 Å². The fourth-order valence-corrected chi connectivity index (χ4v) is 3.08. The molecule has 2 atom stereocenters. The van der Waals surface area contributed by atoms with Crippen LogP contribution in [0.4, 0.5) is 0 Å². The van der Waals surface area contributed by atoms with Gasteiger partial charge in [-0.3, -0.25) is 0 Å². The summed E-state index contributed by atoms with van der Waals surface area (Å²) in [5, 5.41) is 3.64. The van der Waals surface area contributed by atoms with E-state index in [-0.39, 0.29) is 0 Å². The number of nitrogens with one attached hydrogen (secondary N) is 1. The van der Waals surface area contributed by atoms with Crippen molar-refractivity contribution in [2.75, 3.05) is 26.2 Å². The lowest BCUT2D eigenvalue weighted by Crippen LogP contribution is -2.38. The van der Waals surface area contributed by atoms with Crippen LogP contribution in [0.15, 0.2) is 0 Å². The molecule has 0 bridgehead atoms. The van der Waals surface area contributed by atoms with E-state index in [4.69, 9.17) is 0 Å². The SMILES string of the molecule is CCNC1CCCC1CN1CCCC1. The van der Waals surface area contributed by atoms with Gasteiger partial charge in [-0.05, 0) is 51.2 Å². The molecule has 2 rings (SSSR count). The summed E-state index contributed by atoms with van der Waals surface area (Å²) in [6, 6.07) is 0.820. The highest BCUT2D eigenvalue weighted by atomic mass is 15.1. The molecule has 1 aliphatic carbocycles. The van der Waals surface area contributed by atoms with Gasteiger partial charge in [0.1, 0.15) is 0 Å². The lowest BCUT2D eigenvalue weighted by Gasteiger charge is -2.25. The van der Waals surface area contributed by atoms with Gasteiger partial charge in [-0.25, -0.2) is 0 Å². The second-order valence-electron chi connectivity index (χ2n) is 4.86. The van der Waals surface area contributed by atoms with Crippen LogP contribution < -0.4 is 5.32 Å². The van der Waals surface area contributed by atoms with Crippen molar-refractivity contribution < 1.29 is 0 Å². The van der Waals surface area contributed by atoms with E-state index < -0.39 is 0 Å². The van der Waals surface area contributed by atoms with Crippen molar-refractivity contribution in [2.24, 2.45) is 5.92 Å². The summed E-state index contributed by atoms with van der Waals surface area (Å²) in [7, 11) is 0.